The Morgan fingerprint density at radius 3 is 1.50 bits per heavy atom. The Labute approximate surface area is 115 Å². The van der Waals surface area contributed by atoms with E-state index in [1.165, 1.54) is 12.8 Å². The Morgan fingerprint density at radius 1 is 0.833 bits per heavy atom. The highest BCUT2D eigenvalue weighted by Crippen LogP contribution is 2.46. The first kappa shape index (κ1) is 18.3. The maximum Gasteiger partial charge on any atom is 0.259 e. The molecule has 0 bridgehead atoms. The third kappa shape index (κ3) is 7.68. The predicted molar refractivity (Wildman–Crippen MR) is 80.8 cm³/mol. The van der Waals surface area contributed by atoms with Crippen molar-refractivity contribution in [3.8, 4) is 0 Å². The summed E-state index contributed by atoms with van der Waals surface area (Å²) in [6.07, 6.45) is 4.56. The second-order valence-corrected chi connectivity index (χ2v) is 6.63. The molecule has 0 N–H and O–H groups in total. The van der Waals surface area contributed by atoms with Crippen LogP contribution in [0.3, 0.4) is 0 Å². The molecule has 0 aromatic carbocycles. The number of hydrogen-bond acceptors (Lipinski definition) is 3. The van der Waals surface area contributed by atoms with E-state index in [1.54, 1.807) is 0 Å². The smallest absolute Gasteiger partial charge is 0.259 e. The summed E-state index contributed by atoms with van der Waals surface area (Å²) in [4.78, 5) is 0. The maximum absolute atomic E-state index is 5.98. The van der Waals surface area contributed by atoms with Crippen molar-refractivity contribution in [3.63, 3.8) is 0 Å². The van der Waals surface area contributed by atoms with E-state index in [1.807, 2.05) is 0 Å². The SMILES string of the molecule is CCCCOP(OCCCC)N(C(C)C)C(C)C. The van der Waals surface area contributed by atoms with Crippen LogP contribution in [-0.4, -0.2) is 30.0 Å². The summed E-state index contributed by atoms with van der Waals surface area (Å²) in [7, 11) is -0.893. The highest BCUT2D eigenvalue weighted by molar-refractivity contribution is 7.44. The number of unbranched alkanes of at least 4 members (excludes halogenated alkanes) is 2. The molecular formula is C14H32NO2P. The summed E-state index contributed by atoms with van der Waals surface area (Å²) in [5.74, 6) is 0. The lowest BCUT2D eigenvalue weighted by atomic mass is 10.3. The van der Waals surface area contributed by atoms with Crippen LogP contribution in [0.25, 0.3) is 0 Å². The van der Waals surface area contributed by atoms with Crippen LogP contribution >= 0.6 is 8.53 Å². The van der Waals surface area contributed by atoms with Gasteiger partial charge in [-0.05, 0) is 40.5 Å². The molecule has 0 saturated heterocycles. The predicted octanol–water partition coefficient (Wildman–Crippen LogP) is 4.97. The lowest BCUT2D eigenvalue weighted by Crippen LogP contribution is -2.33. The van der Waals surface area contributed by atoms with E-state index in [0.29, 0.717) is 12.1 Å². The Kier molecular flexibility index (Phi) is 11.4. The molecule has 0 fully saturated rings. The van der Waals surface area contributed by atoms with Crippen LogP contribution in [0, 0.1) is 0 Å². The Morgan fingerprint density at radius 2 is 1.22 bits per heavy atom. The molecule has 0 spiro atoms. The Bertz CT molecular complexity index is 171. The minimum absolute atomic E-state index is 0.458. The van der Waals surface area contributed by atoms with Gasteiger partial charge in [0.25, 0.3) is 8.53 Å². The molecular weight excluding hydrogens is 245 g/mol. The normalized spacial score (nSPS) is 12.3. The van der Waals surface area contributed by atoms with E-state index in [9.17, 15) is 0 Å². The third-order valence-electron chi connectivity index (χ3n) is 2.65. The summed E-state index contributed by atoms with van der Waals surface area (Å²) >= 11 is 0. The lowest BCUT2D eigenvalue weighted by molar-refractivity contribution is 0.171. The van der Waals surface area contributed by atoms with Gasteiger partial charge in [-0.15, -0.1) is 0 Å². The van der Waals surface area contributed by atoms with E-state index in [4.69, 9.17) is 9.05 Å². The highest BCUT2D eigenvalue weighted by Gasteiger charge is 2.26. The summed E-state index contributed by atoms with van der Waals surface area (Å²) < 4.78 is 14.3. The minimum Gasteiger partial charge on any atom is -0.322 e. The minimum atomic E-state index is -0.893. The molecule has 0 heterocycles. The molecule has 0 rings (SSSR count). The van der Waals surface area contributed by atoms with E-state index in [0.717, 1.165) is 26.1 Å². The van der Waals surface area contributed by atoms with Crippen LogP contribution < -0.4 is 0 Å². The van der Waals surface area contributed by atoms with Gasteiger partial charge in [-0.25, -0.2) is 4.67 Å². The van der Waals surface area contributed by atoms with Gasteiger partial charge >= 0.3 is 0 Å². The Hall–Kier alpha value is 0.310. The second-order valence-electron chi connectivity index (χ2n) is 5.18. The van der Waals surface area contributed by atoms with Gasteiger partial charge in [-0.1, -0.05) is 26.7 Å². The molecule has 0 aliphatic rings. The van der Waals surface area contributed by atoms with Gasteiger partial charge in [0.1, 0.15) is 0 Å². The first-order valence-corrected chi connectivity index (χ1v) is 8.51. The fourth-order valence-electron chi connectivity index (χ4n) is 1.72. The summed E-state index contributed by atoms with van der Waals surface area (Å²) in [5, 5.41) is 0. The fourth-order valence-corrected chi connectivity index (χ4v) is 3.38. The van der Waals surface area contributed by atoms with E-state index in [2.05, 4.69) is 46.2 Å². The molecule has 0 amide bonds. The second kappa shape index (κ2) is 11.2. The van der Waals surface area contributed by atoms with Crippen molar-refractivity contribution in [2.24, 2.45) is 0 Å². The van der Waals surface area contributed by atoms with Crippen molar-refractivity contribution in [2.45, 2.75) is 79.3 Å². The van der Waals surface area contributed by atoms with Crippen LogP contribution in [-0.2, 0) is 9.05 Å². The van der Waals surface area contributed by atoms with Gasteiger partial charge in [0.2, 0.25) is 0 Å². The van der Waals surface area contributed by atoms with E-state index in [-0.39, 0.29) is 0 Å². The Balaban J connectivity index is 4.38. The van der Waals surface area contributed by atoms with Gasteiger partial charge in [0.05, 0.1) is 13.2 Å². The van der Waals surface area contributed by atoms with Gasteiger partial charge < -0.3 is 9.05 Å². The quantitative estimate of drug-likeness (QED) is 0.393. The molecule has 0 saturated carbocycles. The number of nitrogens with zero attached hydrogens (tertiary/aromatic N) is 1. The van der Waals surface area contributed by atoms with Crippen molar-refractivity contribution in [1.82, 2.24) is 4.67 Å². The monoisotopic (exact) mass is 277 g/mol. The van der Waals surface area contributed by atoms with Crippen LogP contribution in [0.5, 0.6) is 0 Å². The van der Waals surface area contributed by atoms with Crippen molar-refractivity contribution in [1.29, 1.82) is 0 Å². The molecule has 4 heteroatoms. The summed E-state index contributed by atoms with van der Waals surface area (Å²) in [5.41, 5.74) is 0. The van der Waals surface area contributed by atoms with Crippen LogP contribution in [0.2, 0.25) is 0 Å². The van der Waals surface area contributed by atoms with Gasteiger partial charge in [-0.3, -0.25) is 0 Å². The fraction of sp³-hybridized carbons (Fsp3) is 1.00. The molecule has 0 aliphatic heterocycles. The average molecular weight is 277 g/mol. The molecule has 110 valence electrons. The first-order valence-electron chi connectivity index (χ1n) is 7.38. The molecule has 0 unspecified atom stereocenters. The molecule has 0 radical (unpaired) electrons. The average Bonchev–Trinajstić information content (AvgIpc) is 2.28. The molecule has 0 aliphatic carbocycles. The van der Waals surface area contributed by atoms with E-state index >= 15 is 0 Å². The standard InChI is InChI=1S/C14H32NO2P/c1-7-9-11-16-18(17-12-10-8-2)15(13(3)4)14(5)6/h13-14H,7-12H2,1-6H3. The number of hydrogen-bond donors (Lipinski definition) is 0. The zero-order chi connectivity index (χ0) is 14.0. The molecule has 0 aromatic rings. The molecule has 18 heavy (non-hydrogen) atoms. The van der Waals surface area contributed by atoms with Crippen LogP contribution in [0.4, 0.5) is 0 Å². The van der Waals surface area contributed by atoms with Crippen LogP contribution in [0.15, 0.2) is 0 Å². The first-order chi connectivity index (χ1) is 8.54. The van der Waals surface area contributed by atoms with Crippen molar-refractivity contribution < 1.29 is 9.05 Å². The number of rotatable bonds is 11. The van der Waals surface area contributed by atoms with E-state index < -0.39 is 8.53 Å². The third-order valence-corrected chi connectivity index (χ3v) is 4.75. The van der Waals surface area contributed by atoms with Gasteiger partial charge in [0, 0.05) is 12.1 Å². The van der Waals surface area contributed by atoms with Crippen molar-refractivity contribution in [2.75, 3.05) is 13.2 Å². The van der Waals surface area contributed by atoms with Gasteiger partial charge in [-0.2, -0.15) is 0 Å². The largest absolute Gasteiger partial charge is 0.322 e. The van der Waals surface area contributed by atoms with Crippen LogP contribution in [0.1, 0.15) is 67.2 Å². The highest BCUT2D eigenvalue weighted by atomic mass is 31.2. The van der Waals surface area contributed by atoms with Gasteiger partial charge in [0.15, 0.2) is 0 Å². The lowest BCUT2D eigenvalue weighted by Gasteiger charge is -2.35. The summed E-state index contributed by atoms with van der Waals surface area (Å²) in [6, 6.07) is 0.915. The summed E-state index contributed by atoms with van der Waals surface area (Å²) in [6.45, 7) is 14.8. The van der Waals surface area contributed by atoms with Crippen molar-refractivity contribution >= 4 is 8.53 Å². The molecule has 3 nitrogen and oxygen atoms in total. The molecule has 0 atom stereocenters. The zero-order valence-corrected chi connectivity index (χ0v) is 14.0. The molecule has 0 aromatic heterocycles. The zero-order valence-electron chi connectivity index (χ0n) is 13.1. The van der Waals surface area contributed by atoms with Crippen molar-refractivity contribution in [3.05, 3.63) is 0 Å². The topological polar surface area (TPSA) is 21.7 Å². The maximum atomic E-state index is 5.98.